The number of hydrogen-bond donors (Lipinski definition) is 4. The molecule has 0 aliphatic rings. The van der Waals surface area contributed by atoms with Gasteiger partial charge in [0.05, 0.1) is 6.61 Å². The average molecular weight is 469 g/mol. The van der Waals surface area contributed by atoms with E-state index >= 15 is 0 Å². The first-order valence-corrected chi connectivity index (χ1v) is 13.3. The maximum absolute atomic E-state index is 6.39. The summed E-state index contributed by atoms with van der Waals surface area (Å²) in [5.74, 6) is 1.05. The minimum atomic E-state index is 0.715. The van der Waals surface area contributed by atoms with Crippen LogP contribution < -0.4 is 26.8 Å². The van der Waals surface area contributed by atoms with Gasteiger partial charge in [-0.15, -0.1) is 0 Å². The Morgan fingerprint density at radius 1 is 0.706 bits per heavy atom. The third-order valence-electron chi connectivity index (χ3n) is 6.08. The molecule has 2 aromatic rings. The number of ether oxygens (including phenoxy) is 1. The van der Waals surface area contributed by atoms with Crippen molar-refractivity contribution in [2.45, 2.75) is 77.8 Å². The van der Waals surface area contributed by atoms with E-state index in [2.05, 4.69) is 60.0 Å². The van der Waals surface area contributed by atoms with Gasteiger partial charge >= 0.3 is 0 Å². The molecule has 34 heavy (non-hydrogen) atoms. The smallest absolute Gasteiger partial charge is 0.128 e. The zero-order chi connectivity index (χ0) is 24.3. The second-order valence-electron chi connectivity index (χ2n) is 9.26. The fourth-order valence-corrected chi connectivity index (χ4v) is 4.23. The highest BCUT2D eigenvalue weighted by molar-refractivity contribution is 5.44. The van der Waals surface area contributed by atoms with Crippen molar-refractivity contribution in [3.63, 3.8) is 0 Å². The number of nitrogens with one attached hydrogen (secondary N) is 2. The molecule has 0 aromatic heterocycles. The predicted octanol–water partition coefficient (Wildman–Crippen LogP) is 4.83. The van der Waals surface area contributed by atoms with Crippen molar-refractivity contribution < 1.29 is 4.74 Å². The van der Waals surface area contributed by atoms with E-state index in [0.717, 1.165) is 57.8 Å². The molecule has 0 unspecified atom stereocenters. The number of nitrogens with two attached hydrogens (primary N) is 2. The van der Waals surface area contributed by atoms with E-state index in [1.54, 1.807) is 0 Å². The highest BCUT2D eigenvalue weighted by atomic mass is 16.5. The van der Waals surface area contributed by atoms with Crippen molar-refractivity contribution in [2.24, 2.45) is 11.5 Å². The van der Waals surface area contributed by atoms with Gasteiger partial charge in [0.2, 0.25) is 0 Å². The van der Waals surface area contributed by atoms with Gasteiger partial charge in [0.25, 0.3) is 0 Å². The average Bonchev–Trinajstić information content (AvgIpc) is 2.85. The zero-order valence-electron chi connectivity index (χ0n) is 21.4. The van der Waals surface area contributed by atoms with Crippen LogP contribution in [0.5, 0.6) is 5.75 Å². The van der Waals surface area contributed by atoms with Gasteiger partial charge in [0.1, 0.15) is 5.75 Å². The van der Waals surface area contributed by atoms with Crippen LogP contribution in [0, 0.1) is 6.92 Å². The SMILES string of the molecule is Cc1cc(CNCCCN)c(OCCCCCCCCc2ccccc2)c(CNCCCN)c1. The fourth-order valence-electron chi connectivity index (χ4n) is 4.23. The molecular formula is C29H48N4O. The molecule has 5 heteroatoms. The van der Waals surface area contributed by atoms with Crippen LogP contribution in [0.2, 0.25) is 0 Å². The van der Waals surface area contributed by atoms with Crippen LogP contribution in [0.3, 0.4) is 0 Å². The van der Waals surface area contributed by atoms with Crippen LogP contribution in [0.25, 0.3) is 0 Å². The summed E-state index contributed by atoms with van der Waals surface area (Å²) in [6.07, 6.45) is 10.7. The largest absolute Gasteiger partial charge is 0.493 e. The Morgan fingerprint density at radius 3 is 1.85 bits per heavy atom. The highest BCUT2D eigenvalue weighted by Gasteiger charge is 2.12. The Balaban J connectivity index is 1.76. The fraction of sp³-hybridized carbons (Fsp3) is 0.586. The molecule has 0 saturated heterocycles. The molecule has 0 saturated carbocycles. The zero-order valence-corrected chi connectivity index (χ0v) is 21.4. The molecule has 0 fully saturated rings. The molecule has 0 spiro atoms. The Hall–Kier alpha value is -1.92. The van der Waals surface area contributed by atoms with Gasteiger partial charge in [-0.1, -0.05) is 73.7 Å². The third-order valence-corrected chi connectivity index (χ3v) is 6.08. The third kappa shape index (κ3) is 12.0. The number of unbranched alkanes of at least 4 members (excludes halogenated alkanes) is 5. The Bertz CT molecular complexity index is 733. The van der Waals surface area contributed by atoms with Crippen LogP contribution in [0.4, 0.5) is 0 Å². The summed E-state index contributed by atoms with van der Waals surface area (Å²) < 4.78 is 6.39. The summed E-state index contributed by atoms with van der Waals surface area (Å²) in [5.41, 5.74) is 16.5. The van der Waals surface area contributed by atoms with Crippen molar-refractivity contribution in [1.29, 1.82) is 0 Å². The van der Waals surface area contributed by atoms with Crippen molar-refractivity contribution in [3.05, 3.63) is 64.7 Å². The molecule has 0 amide bonds. The highest BCUT2D eigenvalue weighted by Crippen LogP contribution is 2.27. The summed E-state index contributed by atoms with van der Waals surface area (Å²) in [6.45, 7) is 7.85. The summed E-state index contributed by atoms with van der Waals surface area (Å²) in [7, 11) is 0. The molecule has 0 radical (unpaired) electrons. The molecule has 0 aliphatic carbocycles. The molecule has 5 nitrogen and oxygen atoms in total. The van der Waals surface area contributed by atoms with Gasteiger partial charge in [-0.2, -0.15) is 0 Å². The lowest BCUT2D eigenvalue weighted by molar-refractivity contribution is 0.297. The van der Waals surface area contributed by atoms with Crippen LogP contribution >= 0.6 is 0 Å². The van der Waals surface area contributed by atoms with Crippen molar-refractivity contribution in [2.75, 3.05) is 32.8 Å². The van der Waals surface area contributed by atoms with Gasteiger partial charge in [-0.3, -0.25) is 0 Å². The minimum Gasteiger partial charge on any atom is -0.493 e. The van der Waals surface area contributed by atoms with Gasteiger partial charge in [0.15, 0.2) is 0 Å². The molecular weight excluding hydrogens is 420 g/mol. The van der Waals surface area contributed by atoms with E-state index in [9.17, 15) is 0 Å². The minimum absolute atomic E-state index is 0.715. The van der Waals surface area contributed by atoms with E-state index in [0.29, 0.717) is 13.1 Å². The summed E-state index contributed by atoms with van der Waals surface area (Å²) in [5, 5.41) is 7.04. The second-order valence-corrected chi connectivity index (χ2v) is 9.26. The number of aryl methyl sites for hydroxylation is 2. The number of benzene rings is 2. The number of rotatable bonds is 20. The van der Waals surface area contributed by atoms with E-state index in [4.69, 9.17) is 16.2 Å². The Labute approximate surface area is 208 Å². The monoisotopic (exact) mass is 468 g/mol. The van der Waals surface area contributed by atoms with Gasteiger partial charge < -0.3 is 26.8 Å². The Morgan fingerprint density at radius 2 is 1.26 bits per heavy atom. The normalized spacial score (nSPS) is 11.1. The lowest BCUT2D eigenvalue weighted by Crippen LogP contribution is -2.21. The first-order valence-electron chi connectivity index (χ1n) is 13.3. The summed E-state index contributed by atoms with van der Waals surface area (Å²) in [4.78, 5) is 0. The molecule has 6 N–H and O–H groups in total. The van der Waals surface area contributed by atoms with E-state index in [1.165, 1.54) is 60.8 Å². The predicted molar refractivity (Wildman–Crippen MR) is 145 cm³/mol. The van der Waals surface area contributed by atoms with Crippen LogP contribution in [-0.2, 0) is 19.5 Å². The Kier molecular flexibility index (Phi) is 15.3. The van der Waals surface area contributed by atoms with Crippen molar-refractivity contribution >= 4 is 0 Å². The first-order chi connectivity index (χ1) is 16.7. The topological polar surface area (TPSA) is 85.3 Å². The summed E-state index contributed by atoms with van der Waals surface area (Å²) >= 11 is 0. The molecule has 190 valence electrons. The molecule has 0 bridgehead atoms. The number of hydrogen-bond acceptors (Lipinski definition) is 5. The van der Waals surface area contributed by atoms with Gasteiger partial charge in [-0.05, 0) is 70.8 Å². The first kappa shape index (κ1) is 28.3. The molecule has 0 aliphatic heterocycles. The van der Waals surface area contributed by atoms with Crippen LogP contribution in [-0.4, -0.2) is 32.8 Å². The van der Waals surface area contributed by atoms with Crippen molar-refractivity contribution in [3.8, 4) is 5.75 Å². The lowest BCUT2D eigenvalue weighted by Gasteiger charge is -2.18. The molecule has 2 rings (SSSR count). The second kappa shape index (κ2) is 18.4. The maximum Gasteiger partial charge on any atom is 0.128 e. The van der Waals surface area contributed by atoms with E-state index in [-0.39, 0.29) is 0 Å². The molecule has 2 aromatic carbocycles. The molecule has 0 atom stereocenters. The quantitative estimate of drug-likeness (QED) is 0.209. The standard InChI is InChI=1S/C29H48N4O/c1-25-21-27(23-32-18-11-16-30)29(28(22-25)24-33-19-12-17-31)34-20-10-5-3-2-4-7-13-26-14-8-6-9-15-26/h6,8-9,14-15,21-22,32-33H,2-5,7,10-13,16-20,23-24,30-31H2,1H3. The summed E-state index contributed by atoms with van der Waals surface area (Å²) in [6, 6.07) is 15.3. The lowest BCUT2D eigenvalue weighted by atomic mass is 10.0. The van der Waals surface area contributed by atoms with Gasteiger partial charge in [0, 0.05) is 24.2 Å². The van der Waals surface area contributed by atoms with Crippen LogP contribution in [0.15, 0.2) is 42.5 Å². The van der Waals surface area contributed by atoms with Gasteiger partial charge in [-0.25, -0.2) is 0 Å². The maximum atomic E-state index is 6.39. The van der Waals surface area contributed by atoms with E-state index in [1.807, 2.05) is 0 Å². The van der Waals surface area contributed by atoms with Crippen molar-refractivity contribution in [1.82, 2.24) is 10.6 Å². The van der Waals surface area contributed by atoms with Crippen LogP contribution in [0.1, 0.15) is 73.6 Å². The van der Waals surface area contributed by atoms with E-state index < -0.39 is 0 Å². The molecule has 0 heterocycles.